The highest BCUT2D eigenvalue weighted by atomic mass is 32.1. The minimum absolute atomic E-state index is 0.126. The number of rotatable bonds is 5. The van der Waals surface area contributed by atoms with E-state index in [1.807, 2.05) is 37.3 Å². The minimum Gasteiger partial charge on any atom is -0.494 e. The number of likely N-dealkylation sites (tertiary alicyclic amines) is 1. The van der Waals surface area contributed by atoms with Crippen molar-refractivity contribution in [2.75, 3.05) is 13.1 Å². The summed E-state index contributed by atoms with van der Waals surface area (Å²) < 4.78 is 1.61. The number of aliphatic imine (C=N–C) groups is 1. The van der Waals surface area contributed by atoms with Crippen LogP contribution in [0.2, 0.25) is 0 Å². The van der Waals surface area contributed by atoms with E-state index in [0.717, 1.165) is 38.0 Å². The smallest absolute Gasteiger partial charge is 0.264 e. The maximum atomic E-state index is 12.4. The maximum absolute atomic E-state index is 12.4. The molecule has 1 saturated heterocycles. The molecule has 0 spiro atoms. The molecule has 0 bridgehead atoms. The molecule has 1 aliphatic rings. The summed E-state index contributed by atoms with van der Waals surface area (Å²) in [4.78, 5) is 22.1. The average molecular weight is 435 g/mol. The molecule has 2 N–H and O–H groups in total. The van der Waals surface area contributed by atoms with Crippen LogP contribution < -0.4 is 5.56 Å². The van der Waals surface area contributed by atoms with Gasteiger partial charge in [-0.05, 0) is 49.7 Å². The van der Waals surface area contributed by atoms with Gasteiger partial charge in [-0.1, -0.05) is 48.0 Å². The first kappa shape index (κ1) is 21.2. The first-order valence-corrected chi connectivity index (χ1v) is 10.9. The lowest BCUT2D eigenvalue weighted by molar-refractivity contribution is 0.206. The molecule has 3 aromatic rings. The molecule has 0 saturated carbocycles. The Morgan fingerprint density at radius 3 is 2.48 bits per heavy atom. The van der Waals surface area contributed by atoms with Crippen LogP contribution in [-0.4, -0.2) is 44.9 Å². The molecule has 160 valence electrons. The zero-order valence-corrected chi connectivity index (χ0v) is 18.3. The quantitative estimate of drug-likeness (QED) is 0.470. The summed E-state index contributed by atoms with van der Waals surface area (Å²) in [6.07, 6.45) is 3.32. The molecule has 1 fully saturated rings. The summed E-state index contributed by atoms with van der Waals surface area (Å²) in [7, 11) is 0. The fourth-order valence-corrected chi connectivity index (χ4v) is 4.12. The van der Waals surface area contributed by atoms with E-state index < -0.39 is 5.56 Å². The summed E-state index contributed by atoms with van der Waals surface area (Å²) in [5, 5.41) is 10.8. The van der Waals surface area contributed by atoms with E-state index in [9.17, 15) is 9.90 Å². The van der Waals surface area contributed by atoms with Gasteiger partial charge in [0.25, 0.3) is 5.56 Å². The maximum Gasteiger partial charge on any atom is 0.264 e. The van der Waals surface area contributed by atoms with Gasteiger partial charge in [0, 0.05) is 25.8 Å². The van der Waals surface area contributed by atoms with Crippen molar-refractivity contribution in [1.82, 2.24) is 14.5 Å². The highest BCUT2D eigenvalue weighted by Gasteiger charge is 2.19. The number of piperidine rings is 1. The van der Waals surface area contributed by atoms with E-state index in [4.69, 9.17) is 12.2 Å². The summed E-state index contributed by atoms with van der Waals surface area (Å²) >= 11 is 5.27. The molecule has 0 amide bonds. The molecule has 0 atom stereocenters. The topological polar surface area (TPSA) is 73.6 Å². The van der Waals surface area contributed by atoms with Crippen molar-refractivity contribution in [1.29, 1.82) is 0 Å². The third-order valence-corrected chi connectivity index (χ3v) is 5.92. The highest BCUT2D eigenvalue weighted by Crippen LogP contribution is 2.20. The second-order valence-corrected chi connectivity index (χ2v) is 8.33. The first-order valence-electron chi connectivity index (χ1n) is 10.5. The number of nitrogens with one attached hydrogen (secondary N) is 1. The highest BCUT2D eigenvalue weighted by molar-refractivity contribution is 7.71. The number of hydrogen-bond donors (Lipinski definition) is 2. The average Bonchev–Trinajstić information content (AvgIpc) is 2.76. The van der Waals surface area contributed by atoms with Crippen LogP contribution in [-0.2, 0) is 6.54 Å². The largest absolute Gasteiger partial charge is 0.494 e. The normalized spacial score (nSPS) is 15.5. The monoisotopic (exact) mass is 434 g/mol. The van der Waals surface area contributed by atoms with Crippen LogP contribution in [0.1, 0.15) is 29.5 Å². The Hall–Kier alpha value is -3.03. The van der Waals surface area contributed by atoms with Crippen LogP contribution in [0.5, 0.6) is 5.88 Å². The van der Waals surface area contributed by atoms with Crippen molar-refractivity contribution in [3.05, 3.63) is 86.4 Å². The predicted octanol–water partition coefficient (Wildman–Crippen LogP) is 3.99. The Balaban J connectivity index is 1.48. The minimum atomic E-state index is -0.434. The third-order valence-electron chi connectivity index (χ3n) is 5.63. The number of hydrogen-bond acceptors (Lipinski definition) is 5. The van der Waals surface area contributed by atoms with Crippen LogP contribution in [0.3, 0.4) is 0 Å². The fraction of sp³-hybridized carbons (Fsp3) is 0.292. The van der Waals surface area contributed by atoms with Gasteiger partial charge in [0.2, 0.25) is 5.88 Å². The lowest BCUT2D eigenvalue weighted by atomic mass is 10.0. The molecular formula is C24H26N4O2S. The summed E-state index contributed by atoms with van der Waals surface area (Å²) in [5.41, 5.74) is 2.79. The van der Waals surface area contributed by atoms with E-state index in [1.54, 1.807) is 0 Å². The standard InChI is InChI=1S/C24H26N4O2S/c1-17-7-9-20(10-8-17)28-23(30)21(22(29)26-24(28)31)15-25-19-11-13-27(14-12-19)16-18-5-3-2-4-6-18/h2-10,15,19,30H,11-14,16H2,1H3,(H,26,29,31). The van der Waals surface area contributed by atoms with Crippen molar-refractivity contribution in [3.63, 3.8) is 0 Å². The summed E-state index contributed by atoms with van der Waals surface area (Å²) in [6.45, 7) is 4.83. The van der Waals surface area contributed by atoms with Crippen LogP contribution >= 0.6 is 12.2 Å². The molecule has 2 aromatic carbocycles. The van der Waals surface area contributed by atoms with Crippen LogP contribution in [0.15, 0.2) is 64.4 Å². The molecule has 0 aliphatic carbocycles. The van der Waals surface area contributed by atoms with Crippen molar-refractivity contribution in [2.45, 2.75) is 32.4 Å². The molecule has 7 heteroatoms. The molecule has 1 aliphatic heterocycles. The van der Waals surface area contributed by atoms with Gasteiger partial charge in [-0.25, -0.2) is 0 Å². The molecule has 2 heterocycles. The van der Waals surface area contributed by atoms with Crippen molar-refractivity contribution >= 4 is 18.4 Å². The summed E-state index contributed by atoms with van der Waals surface area (Å²) in [6, 6.07) is 18.1. The number of aromatic amines is 1. The van der Waals surface area contributed by atoms with Gasteiger partial charge in [0.1, 0.15) is 5.56 Å². The van der Waals surface area contributed by atoms with Crippen LogP contribution in [0, 0.1) is 11.7 Å². The SMILES string of the molecule is Cc1ccc(-n2c(O)c(C=NC3CCN(Cc4ccccc4)CC3)c(=O)[nH]c2=S)cc1. The molecule has 0 radical (unpaired) electrons. The van der Waals surface area contributed by atoms with E-state index in [-0.39, 0.29) is 22.3 Å². The van der Waals surface area contributed by atoms with Crippen LogP contribution in [0.4, 0.5) is 0 Å². The second kappa shape index (κ2) is 9.41. The van der Waals surface area contributed by atoms with E-state index in [0.29, 0.717) is 5.69 Å². The number of aryl methyl sites for hydroxylation is 1. The predicted molar refractivity (Wildman–Crippen MR) is 126 cm³/mol. The number of nitrogens with zero attached hydrogens (tertiary/aromatic N) is 3. The van der Waals surface area contributed by atoms with Gasteiger partial charge < -0.3 is 5.11 Å². The van der Waals surface area contributed by atoms with Gasteiger partial charge in [0.05, 0.1) is 11.7 Å². The number of aromatic hydroxyl groups is 1. The first-order chi connectivity index (χ1) is 15.0. The van der Waals surface area contributed by atoms with Gasteiger partial charge in [0.15, 0.2) is 4.77 Å². The van der Waals surface area contributed by atoms with Crippen LogP contribution in [0.25, 0.3) is 5.69 Å². The zero-order valence-electron chi connectivity index (χ0n) is 17.5. The third kappa shape index (κ3) is 5.00. The summed E-state index contributed by atoms with van der Waals surface area (Å²) in [5.74, 6) is -0.192. The Morgan fingerprint density at radius 1 is 1.13 bits per heavy atom. The fourth-order valence-electron chi connectivity index (χ4n) is 3.84. The number of H-pyrrole nitrogens is 1. The molecule has 31 heavy (non-hydrogen) atoms. The van der Waals surface area contributed by atoms with Crippen molar-refractivity contribution < 1.29 is 5.11 Å². The Morgan fingerprint density at radius 2 is 1.81 bits per heavy atom. The molecular weight excluding hydrogens is 408 g/mol. The lowest BCUT2D eigenvalue weighted by Gasteiger charge is -2.30. The Bertz CT molecular complexity index is 1170. The zero-order chi connectivity index (χ0) is 21.8. The number of benzene rings is 2. The van der Waals surface area contributed by atoms with Crippen molar-refractivity contribution in [3.8, 4) is 11.6 Å². The molecule has 1 aromatic heterocycles. The van der Waals surface area contributed by atoms with Gasteiger partial charge in [-0.15, -0.1) is 0 Å². The Kier molecular flexibility index (Phi) is 6.44. The van der Waals surface area contributed by atoms with Crippen molar-refractivity contribution in [2.24, 2.45) is 4.99 Å². The molecule has 0 unspecified atom stereocenters. The molecule has 6 nitrogen and oxygen atoms in total. The van der Waals surface area contributed by atoms with Gasteiger partial charge in [-0.2, -0.15) is 0 Å². The lowest BCUT2D eigenvalue weighted by Crippen LogP contribution is -2.34. The molecule has 4 rings (SSSR count). The van der Waals surface area contributed by atoms with Gasteiger partial charge >= 0.3 is 0 Å². The number of aromatic nitrogens is 2. The Labute approximate surface area is 186 Å². The van der Waals surface area contributed by atoms with E-state index in [2.05, 4.69) is 39.1 Å². The van der Waals surface area contributed by atoms with E-state index in [1.165, 1.54) is 16.3 Å². The van der Waals surface area contributed by atoms with E-state index >= 15 is 0 Å². The van der Waals surface area contributed by atoms with Gasteiger partial charge in [-0.3, -0.25) is 24.2 Å². The second-order valence-electron chi connectivity index (χ2n) is 7.94.